The Hall–Kier alpha value is -1.25. The van der Waals surface area contributed by atoms with E-state index in [1.54, 1.807) is 26.2 Å². The van der Waals surface area contributed by atoms with Gasteiger partial charge in [0.05, 0.1) is 4.90 Å². The van der Waals surface area contributed by atoms with Gasteiger partial charge in [-0.25, -0.2) is 8.42 Å². The van der Waals surface area contributed by atoms with E-state index in [1.807, 2.05) is 37.7 Å². The second-order valence-electron chi connectivity index (χ2n) is 7.44. The molecule has 27 heavy (non-hydrogen) atoms. The van der Waals surface area contributed by atoms with Crippen molar-refractivity contribution in [2.24, 2.45) is 4.99 Å². The minimum atomic E-state index is -3.44. The fourth-order valence-corrected chi connectivity index (χ4v) is 5.49. The summed E-state index contributed by atoms with van der Waals surface area (Å²) in [5.41, 5.74) is 1.01. The highest BCUT2D eigenvalue weighted by Gasteiger charge is 2.29. The van der Waals surface area contributed by atoms with Crippen LogP contribution in [0, 0.1) is 0 Å². The van der Waals surface area contributed by atoms with Crippen molar-refractivity contribution in [2.75, 3.05) is 26.4 Å². The van der Waals surface area contributed by atoms with E-state index in [9.17, 15) is 8.42 Å². The van der Waals surface area contributed by atoms with Gasteiger partial charge in [0, 0.05) is 38.0 Å². The molecule has 8 heteroatoms. The Morgan fingerprint density at radius 2 is 1.96 bits per heavy atom. The van der Waals surface area contributed by atoms with Crippen molar-refractivity contribution < 1.29 is 8.42 Å². The molecule has 1 unspecified atom stereocenters. The summed E-state index contributed by atoms with van der Waals surface area (Å²) in [6.45, 7) is 7.48. The fraction of sp³-hybridized carbons (Fsp3) is 0.632. The molecule has 1 aromatic rings. The maximum absolute atomic E-state index is 12.5. The van der Waals surface area contributed by atoms with Gasteiger partial charge in [-0.15, -0.1) is 0 Å². The van der Waals surface area contributed by atoms with Crippen LogP contribution in [0.4, 0.5) is 0 Å². The van der Waals surface area contributed by atoms with Crippen LogP contribution in [0.2, 0.25) is 0 Å². The van der Waals surface area contributed by atoms with E-state index in [4.69, 9.17) is 0 Å². The molecular weight excluding hydrogens is 380 g/mol. The summed E-state index contributed by atoms with van der Waals surface area (Å²) in [4.78, 5) is 4.59. The number of guanidine groups is 1. The summed E-state index contributed by atoms with van der Waals surface area (Å²) in [6, 6.07) is 6.94. The number of rotatable bonds is 7. The minimum Gasteiger partial charge on any atom is -0.355 e. The first-order valence-electron chi connectivity index (χ1n) is 9.33. The second kappa shape index (κ2) is 9.30. The molecule has 2 N–H and O–H groups in total. The minimum absolute atomic E-state index is 0.0781. The molecule has 0 aliphatic carbocycles. The third kappa shape index (κ3) is 5.86. The smallest absolute Gasteiger partial charge is 0.243 e. The van der Waals surface area contributed by atoms with Crippen LogP contribution in [0.25, 0.3) is 0 Å². The summed E-state index contributed by atoms with van der Waals surface area (Å²) in [5.74, 6) is 1.99. The molecule has 1 atom stereocenters. The summed E-state index contributed by atoms with van der Waals surface area (Å²) < 4.78 is 26.7. The van der Waals surface area contributed by atoms with Gasteiger partial charge in [-0.05, 0) is 57.1 Å². The lowest BCUT2D eigenvalue weighted by molar-refractivity contribution is 0.410. The third-order valence-corrected chi connectivity index (χ3v) is 8.53. The van der Waals surface area contributed by atoms with Crippen LogP contribution in [0.15, 0.2) is 34.2 Å². The van der Waals surface area contributed by atoms with Crippen molar-refractivity contribution >= 4 is 27.7 Å². The fourth-order valence-electron chi connectivity index (χ4n) is 2.88. The molecule has 2 rings (SSSR count). The highest BCUT2D eigenvalue weighted by molar-refractivity contribution is 8.00. The average molecular weight is 413 g/mol. The van der Waals surface area contributed by atoms with Crippen LogP contribution in [0.3, 0.4) is 0 Å². The van der Waals surface area contributed by atoms with E-state index in [1.165, 1.54) is 22.9 Å². The Morgan fingerprint density at radius 3 is 2.48 bits per heavy atom. The molecule has 152 valence electrons. The number of hydrogen-bond acceptors (Lipinski definition) is 4. The van der Waals surface area contributed by atoms with Gasteiger partial charge in [-0.2, -0.15) is 16.1 Å². The number of hydrogen-bond donors (Lipinski definition) is 2. The highest BCUT2D eigenvalue weighted by Crippen LogP contribution is 2.36. The molecule has 6 nitrogen and oxygen atoms in total. The Balaban J connectivity index is 1.92. The molecule has 1 aliphatic rings. The predicted octanol–water partition coefficient (Wildman–Crippen LogP) is 2.67. The highest BCUT2D eigenvalue weighted by atomic mass is 32.2. The molecule has 1 aliphatic heterocycles. The Morgan fingerprint density at radius 1 is 1.30 bits per heavy atom. The van der Waals surface area contributed by atoms with Crippen molar-refractivity contribution in [3.05, 3.63) is 29.8 Å². The van der Waals surface area contributed by atoms with Crippen LogP contribution in [0.5, 0.6) is 0 Å². The maximum Gasteiger partial charge on any atom is 0.243 e. The van der Waals surface area contributed by atoms with Crippen molar-refractivity contribution in [3.63, 3.8) is 0 Å². The van der Waals surface area contributed by atoms with Gasteiger partial charge < -0.3 is 10.6 Å². The molecule has 0 amide bonds. The van der Waals surface area contributed by atoms with Gasteiger partial charge >= 0.3 is 0 Å². The van der Waals surface area contributed by atoms with Crippen molar-refractivity contribution in [2.45, 2.75) is 55.8 Å². The SMILES string of the molecule is CN=C(NCc1ccc(S(=O)(=O)N(C)C(C)C)cc1)NCC1(C)CCCS1. The number of sulfonamides is 1. The number of nitrogens with one attached hydrogen (secondary N) is 2. The average Bonchev–Trinajstić information content (AvgIpc) is 3.08. The van der Waals surface area contributed by atoms with E-state index < -0.39 is 10.0 Å². The van der Waals surface area contributed by atoms with E-state index in [0.29, 0.717) is 11.4 Å². The van der Waals surface area contributed by atoms with Gasteiger partial charge in [-0.1, -0.05) is 12.1 Å². The van der Waals surface area contributed by atoms with Crippen molar-refractivity contribution in [1.82, 2.24) is 14.9 Å². The molecule has 0 radical (unpaired) electrons. The summed E-state index contributed by atoms with van der Waals surface area (Å²) in [7, 11) is -0.0751. The predicted molar refractivity (Wildman–Crippen MR) is 115 cm³/mol. The van der Waals surface area contributed by atoms with E-state index in [-0.39, 0.29) is 10.8 Å². The third-order valence-electron chi connectivity index (χ3n) is 4.94. The monoisotopic (exact) mass is 412 g/mol. The molecule has 0 saturated carbocycles. The summed E-state index contributed by atoms with van der Waals surface area (Å²) >= 11 is 2.01. The maximum atomic E-state index is 12.5. The van der Waals surface area contributed by atoms with Crippen molar-refractivity contribution in [1.29, 1.82) is 0 Å². The van der Waals surface area contributed by atoms with Gasteiger partial charge in [0.1, 0.15) is 0 Å². The van der Waals surface area contributed by atoms with Gasteiger partial charge in [0.2, 0.25) is 10.0 Å². The lowest BCUT2D eigenvalue weighted by Gasteiger charge is -2.24. The van der Waals surface area contributed by atoms with Crippen molar-refractivity contribution in [3.8, 4) is 0 Å². The molecule has 1 heterocycles. The van der Waals surface area contributed by atoms with E-state index in [2.05, 4.69) is 22.5 Å². The summed E-state index contributed by atoms with van der Waals surface area (Å²) in [5, 5.41) is 6.70. The van der Waals surface area contributed by atoms with Crippen LogP contribution in [-0.2, 0) is 16.6 Å². The zero-order chi connectivity index (χ0) is 20.1. The van der Waals surface area contributed by atoms with Gasteiger partial charge in [-0.3, -0.25) is 4.99 Å². The summed E-state index contributed by atoms with van der Waals surface area (Å²) in [6.07, 6.45) is 2.50. The molecule has 1 fully saturated rings. The number of benzene rings is 1. The van der Waals surface area contributed by atoms with E-state index in [0.717, 1.165) is 18.1 Å². The largest absolute Gasteiger partial charge is 0.355 e. The van der Waals surface area contributed by atoms with E-state index >= 15 is 0 Å². The Bertz CT molecular complexity index is 739. The molecule has 0 spiro atoms. The van der Waals surface area contributed by atoms with Crippen LogP contribution >= 0.6 is 11.8 Å². The number of nitrogens with zero attached hydrogens (tertiary/aromatic N) is 2. The Labute approximate surface area is 168 Å². The quantitative estimate of drug-likeness (QED) is 0.532. The lowest BCUT2D eigenvalue weighted by Crippen LogP contribution is -2.43. The van der Waals surface area contributed by atoms with Crippen LogP contribution in [0.1, 0.15) is 39.2 Å². The van der Waals surface area contributed by atoms with Gasteiger partial charge in [0.15, 0.2) is 5.96 Å². The first kappa shape index (κ1) is 22.0. The molecular formula is C19H32N4O2S2. The zero-order valence-corrected chi connectivity index (χ0v) is 18.6. The molecule has 0 aromatic heterocycles. The van der Waals surface area contributed by atoms with Gasteiger partial charge in [0.25, 0.3) is 0 Å². The number of thioether (sulfide) groups is 1. The molecule has 1 aromatic carbocycles. The first-order chi connectivity index (χ1) is 12.7. The van der Waals surface area contributed by atoms with Crippen LogP contribution < -0.4 is 10.6 Å². The number of aliphatic imine (C=N–C) groups is 1. The molecule has 0 bridgehead atoms. The topological polar surface area (TPSA) is 73.8 Å². The first-order valence-corrected chi connectivity index (χ1v) is 11.8. The van der Waals surface area contributed by atoms with Crippen LogP contribution in [-0.4, -0.2) is 55.9 Å². The second-order valence-corrected chi connectivity index (χ2v) is 11.1. The lowest BCUT2D eigenvalue weighted by atomic mass is 10.1. The normalized spacial score (nSPS) is 21.1. The standard InChI is InChI=1S/C19H32N4O2S2/c1-15(2)23(5)27(24,25)17-9-7-16(8-10-17)13-21-18(20-4)22-14-19(3)11-6-12-26-19/h7-10,15H,6,11-14H2,1-5H3,(H2,20,21,22). The zero-order valence-electron chi connectivity index (χ0n) is 16.9. The molecule has 1 saturated heterocycles. The Kier molecular flexibility index (Phi) is 7.59.